The van der Waals surface area contributed by atoms with Crippen molar-refractivity contribution in [2.75, 3.05) is 0 Å². The van der Waals surface area contributed by atoms with E-state index in [4.69, 9.17) is 5.73 Å². The topological polar surface area (TPSA) is 85.1 Å². The predicted octanol–water partition coefficient (Wildman–Crippen LogP) is 2.69. The van der Waals surface area contributed by atoms with Crippen molar-refractivity contribution < 1.29 is 22.8 Å². The van der Waals surface area contributed by atoms with E-state index in [2.05, 4.69) is 26.2 Å². The van der Waals surface area contributed by atoms with Crippen LogP contribution in [0.25, 0.3) is 0 Å². The Morgan fingerprint density at radius 2 is 1.88 bits per heavy atom. The van der Waals surface area contributed by atoms with Gasteiger partial charge in [-0.25, -0.2) is 4.98 Å². The summed E-state index contributed by atoms with van der Waals surface area (Å²) in [6, 6.07) is 6.41. The third kappa shape index (κ3) is 4.79. The Kier molecular flexibility index (Phi) is 5.78. The van der Waals surface area contributed by atoms with Gasteiger partial charge in [0.15, 0.2) is 0 Å². The lowest BCUT2D eigenvalue weighted by Gasteiger charge is -2.18. The fraction of sp³-hybridized carbons (Fsp3) is 0.188. The van der Waals surface area contributed by atoms with E-state index in [-0.39, 0.29) is 6.42 Å². The van der Waals surface area contributed by atoms with Crippen molar-refractivity contribution in [2.45, 2.75) is 18.6 Å². The number of primary amides is 1. The summed E-state index contributed by atoms with van der Waals surface area (Å²) < 4.78 is 39.5. The van der Waals surface area contributed by atoms with Gasteiger partial charge in [0.25, 0.3) is 5.91 Å². The van der Waals surface area contributed by atoms with Gasteiger partial charge in [-0.15, -0.1) is 0 Å². The van der Waals surface area contributed by atoms with Gasteiger partial charge in [-0.05, 0) is 39.7 Å². The van der Waals surface area contributed by atoms with Crippen molar-refractivity contribution in [3.05, 3.63) is 63.9 Å². The molecule has 1 aromatic carbocycles. The molecule has 0 spiro atoms. The van der Waals surface area contributed by atoms with Crippen LogP contribution >= 0.6 is 15.9 Å². The minimum atomic E-state index is -4.69. The summed E-state index contributed by atoms with van der Waals surface area (Å²) in [5.41, 5.74) is 4.19. The highest BCUT2D eigenvalue weighted by atomic mass is 79.9. The van der Waals surface area contributed by atoms with Crippen LogP contribution in [0.1, 0.15) is 21.5 Å². The Labute approximate surface area is 149 Å². The van der Waals surface area contributed by atoms with E-state index in [0.29, 0.717) is 10.2 Å². The number of rotatable bonds is 5. The van der Waals surface area contributed by atoms with E-state index in [1.807, 2.05) is 0 Å². The van der Waals surface area contributed by atoms with Gasteiger partial charge in [0, 0.05) is 12.6 Å². The van der Waals surface area contributed by atoms with Gasteiger partial charge in [0.05, 0.1) is 11.1 Å². The highest BCUT2D eigenvalue weighted by Crippen LogP contribution is 2.31. The second-order valence-corrected chi connectivity index (χ2v) is 5.88. The Balaban J connectivity index is 2.25. The first-order chi connectivity index (χ1) is 11.7. The predicted molar refractivity (Wildman–Crippen MR) is 87.5 cm³/mol. The zero-order valence-electron chi connectivity index (χ0n) is 12.7. The van der Waals surface area contributed by atoms with Gasteiger partial charge in [-0.1, -0.05) is 18.2 Å². The number of amides is 2. The maximum atomic E-state index is 13.0. The summed E-state index contributed by atoms with van der Waals surface area (Å²) in [6.07, 6.45) is -3.18. The first kappa shape index (κ1) is 18.9. The molecule has 0 radical (unpaired) electrons. The van der Waals surface area contributed by atoms with Gasteiger partial charge in [0.2, 0.25) is 5.91 Å². The van der Waals surface area contributed by atoms with Gasteiger partial charge in [-0.2, -0.15) is 13.2 Å². The molecule has 9 heteroatoms. The summed E-state index contributed by atoms with van der Waals surface area (Å²) in [5, 5.41) is 2.26. The quantitative estimate of drug-likeness (QED) is 0.736. The van der Waals surface area contributed by atoms with Gasteiger partial charge in [0.1, 0.15) is 10.6 Å². The van der Waals surface area contributed by atoms with E-state index < -0.39 is 35.2 Å². The van der Waals surface area contributed by atoms with Crippen LogP contribution in [0.2, 0.25) is 0 Å². The molecule has 0 aliphatic carbocycles. The van der Waals surface area contributed by atoms with Crippen molar-refractivity contribution in [1.82, 2.24) is 10.3 Å². The van der Waals surface area contributed by atoms with E-state index in [1.54, 1.807) is 12.1 Å². The summed E-state index contributed by atoms with van der Waals surface area (Å²) in [6.45, 7) is 0. The van der Waals surface area contributed by atoms with Crippen LogP contribution < -0.4 is 11.1 Å². The van der Waals surface area contributed by atoms with Gasteiger partial charge in [-0.3, -0.25) is 9.59 Å². The van der Waals surface area contributed by atoms with Crippen LogP contribution in [0.4, 0.5) is 13.2 Å². The molecule has 2 aromatic rings. The molecule has 132 valence electrons. The van der Waals surface area contributed by atoms with Crippen molar-refractivity contribution in [3.8, 4) is 0 Å². The number of halogens is 4. The molecule has 0 aliphatic heterocycles. The van der Waals surface area contributed by atoms with Crippen molar-refractivity contribution in [3.63, 3.8) is 0 Å². The molecule has 0 saturated heterocycles. The highest BCUT2D eigenvalue weighted by Gasteiger charge is 2.35. The maximum absolute atomic E-state index is 13.0. The summed E-state index contributed by atoms with van der Waals surface area (Å²) in [5.74, 6) is -1.90. The molecule has 3 N–H and O–H groups in total. The number of aromatic nitrogens is 1. The van der Waals surface area contributed by atoms with Crippen LogP contribution in [-0.4, -0.2) is 22.8 Å². The number of nitrogens with zero attached hydrogens (tertiary/aromatic N) is 1. The molecule has 0 unspecified atom stereocenters. The Morgan fingerprint density at radius 1 is 1.20 bits per heavy atom. The minimum absolute atomic E-state index is 0.0102. The number of pyridine rings is 1. The van der Waals surface area contributed by atoms with Gasteiger partial charge < -0.3 is 11.1 Å². The average molecular weight is 416 g/mol. The number of alkyl halides is 3. The summed E-state index contributed by atoms with van der Waals surface area (Å²) in [7, 11) is 0. The fourth-order valence-corrected chi connectivity index (χ4v) is 2.59. The lowest BCUT2D eigenvalue weighted by molar-refractivity contribution is -0.137. The normalized spacial score (nSPS) is 12.5. The summed E-state index contributed by atoms with van der Waals surface area (Å²) in [4.78, 5) is 27.8. The molecular weight excluding hydrogens is 403 g/mol. The molecule has 1 heterocycles. The monoisotopic (exact) mass is 415 g/mol. The number of carbonyl (C=O) groups excluding carboxylic acids is 2. The molecule has 1 aromatic heterocycles. The van der Waals surface area contributed by atoms with Crippen LogP contribution in [0.3, 0.4) is 0 Å². The van der Waals surface area contributed by atoms with Crippen LogP contribution in [0.15, 0.2) is 47.2 Å². The second kappa shape index (κ2) is 7.64. The largest absolute Gasteiger partial charge is 0.417 e. The van der Waals surface area contributed by atoms with E-state index in [9.17, 15) is 22.8 Å². The van der Waals surface area contributed by atoms with Crippen molar-refractivity contribution >= 4 is 27.7 Å². The first-order valence-corrected chi connectivity index (χ1v) is 7.85. The Hall–Kier alpha value is -2.42. The molecule has 0 bridgehead atoms. The standard InChI is InChI=1S/C16H13BrF3N3O2/c17-13-9(4-3-7-22-13)8-12(14(21)24)23-15(25)10-5-1-2-6-11(10)16(18,19)20/h1-7,12H,8H2,(H2,21,24)(H,23,25)/t12-/m0/s1. The molecule has 1 atom stereocenters. The van der Waals surface area contributed by atoms with Crippen molar-refractivity contribution in [2.24, 2.45) is 5.73 Å². The Bertz CT molecular complexity index is 796. The van der Waals surface area contributed by atoms with E-state index in [0.717, 1.165) is 12.1 Å². The summed E-state index contributed by atoms with van der Waals surface area (Å²) >= 11 is 3.20. The number of hydrogen-bond donors (Lipinski definition) is 2. The molecule has 5 nitrogen and oxygen atoms in total. The molecule has 0 saturated carbocycles. The second-order valence-electron chi connectivity index (χ2n) is 5.13. The maximum Gasteiger partial charge on any atom is 0.417 e. The Morgan fingerprint density at radius 3 is 2.48 bits per heavy atom. The molecule has 25 heavy (non-hydrogen) atoms. The lowest BCUT2D eigenvalue weighted by Crippen LogP contribution is -2.46. The van der Waals surface area contributed by atoms with Crippen LogP contribution in [0, 0.1) is 0 Å². The molecule has 2 rings (SSSR count). The highest BCUT2D eigenvalue weighted by molar-refractivity contribution is 9.10. The minimum Gasteiger partial charge on any atom is -0.368 e. The fourth-order valence-electron chi connectivity index (χ4n) is 2.18. The number of nitrogens with two attached hydrogens (primary N) is 1. The molecule has 0 aliphatic rings. The molecular formula is C16H13BrF3N3O2. The van der Waals surface area contributed by atoms with E-state index >= 15 is 0 Å². The third-order valence-electron chi connectivity index (χ3n) is 3.39. The lowest BCUT2D eigenvalue weighted by atomic mass is 10.0. The van der Waals surface area contributed by atoms with Gasteiger partial charge >= 0.3 is 6.18 Å². The first-order valence-electron chi connectivity index (χ1n) is 7.06. The average Bonchev–Trinajstić information content (AvgIpc) is 2.55. The van der Waals surface area contributed by atoms with E-state index in [1.165, 1.54) is 18.3 Å². The third-order valence-corrected chi connectivity index (χ3v) is 4.10. The number of benzene rings is 1. The number of hydrogen-bond acceptors (Lipinski definition) is 3. The zero-order valence-corrected chi connectivity index (χ0v) is 14.3. The molecule has 2 amide bonds. The van der Waals surface area contributed by atoms with Crippen LogP contribution in [-0.2, 0) is 17.4 Å². The molecule has 0 fully saturated rings. The number of nitrogens with one attached hydrogen (secondary N) is 1. The van der Waals surface area contributed by atoms with Crippen molar-refractivity contribution in [1.29, 1.82) is 0 Å². The smallest absolute Gasteiger partial charge is 0.368 e. The SMILES string of the molecule is NC(=O)[C@H](Cc1cccnc1Br)NC(=O)c1ccccc1C(F)(F)F. The zero-order chi connectivity index (χ0) is 18.6. The van der Waals surface area contributed by atoms with Crippen LogP contribution in [0.5, 0.6) is 0 Å². The number of carbonyl (C=O) groups is 2.